The highest BCUT2D eigenvalue weighted by molar-refractivity contribution is 5.92. The molecule has 0 unspecified atom stereocenters. The van der Waals surface area contributed by atoms with Gasteiger partial charge in [-0.3, -0.25) is 0 Å². The maximum absolute atomic E-state index is 11.6. The molecule has 0 aromatic carbocycles. The van der Waals surface area contributed by atoms with Crippen molar-refractivity contribution in [3.05, 3.63) is 36.0 Å². The summed E-state index contributed by atoms with van der Waals surface area (Å²) in [5, 5.41) is 4.38. The van der Waals surface area contributed by atoms with Crippen LogP contribution in [0.5, 0.6) is 5.88 Å². The highest BCUT2D eigenvalue weighted by Crippen LogP contribution is 2.23. The largest absolute Gasteiger partial charge is 0.480 e. The minimum absolute atomic E-state index is 0.177. The number of carbonyl (C=O) groups excluding carboxylic acids is 1. The molecule has 0 radical (unpaired) electrons. The summed E-state index contributed by atoms with van der Waals surface area (Å²) in [5.74, 6) is 0.0503. The summed E-state index contributed by atoms with van der Waals surface area (Å²) in [6, 6.07) is 6.80. The number of nitrogen functional groups attached to an aromatic ring is 1. The van der Waals surface area contributed by atoms with E-state index in [1.165, 1.54) is 14.2 Å². The van der Waals surface area contributed by atoms with Gasteiger partial charge in [0.05, 0.1) is 26.1 Å². The van der Waals surface area contributed by atoms with E-state index in [4.69, 9.17) is 10.5 Å². The Morgan fingerprint density at radius 2 is 1.91 bits per heavy atom. The number of methoxy groups -OCH3 is 2. The lowest BCUT2D eigenvalue weighted by atomic mass is 10.2. The normalized spacial score (nSPS) is 10.6. The highest BCUT2D eigenvalue weighted by atomic mass is 16.5. The van der Waals surface area contributed by atoms with Crippen LogP contribution < -0.4 is 10.5 Å². The third kappa shape index (κ3) is 2.30. The zero-order valence-corrected chi connectivity index (χ0v) is 12.0. The summed E-state index contributed by atoms with van der Waals surface area (Å²) < 4.78 is 11.4. The predicted molar refractivity (Wildman–Crippen MR) is 78.5 cm³/mol. The van der Waals surface area contributed by atoms with Crippen molar-refractivity contribution in [1.82, 2.24) is 19.6 Å². The summed E-state index contributed by atoms with van der Waals surface area (Å²) in [6.45, 7) is 0. The van der Waals surface area contributed by atoms with Crippen LogP contribution in [-0.4, -0.2) is 39.8 Å². The van der Waals surface area contributed by atoms with Crippen molar-refractivity contribution >= 4 is 17.4 Å². The van der Waals surface area contributed by atoms with Gasteiger partial charge in [0.25, 0.3) is 0 Å². The van der Waals surface area contributed by atoms with E-state index in [1.54, 1.807) is 35.0 Å². The third-order valence-corrected chi connectivity index (χ3v) is 3.06. The molecule has 3 aromatic rings. The van der Waals surface area contributed by atoms with Crippen molar-refractivity contribution in [3.8, 4) is 17.3 Å². The van der Waals surface area contributed by atoms with E-state index in [9.17, 15) is 4.79 Å². The molecule has 8 heteroatoms. The number of nitrogens with two attached hydrogens (primary N) is 1. The average Bonchev–Trinajstić information content (AvgIpc) is 2.92. The summed E-state index contributed by atoms with van der Waals surface area (Å²) in [6.07, 6.45) is 1.61. The molecule has 0 amide bonds. The van der Waals surface area contributed by atoms with Crippen LogP contribution in [0.1, 0.15) is 10.4 Å². The number of hydrogen-bond acceptors (Lipinski definition) is 7. The molecule has 0 atom stereocenters. The molecule has 0 saturated carbocycles. The molecule has 3 heterocycles. The van der Waals surface area contributed by atoms with Gasteiger partial charge in [-0.15, -0.1) is 0 Å². The molecule has 22 heavy (non-hydrogen) atoms. The number of ether oxygens (including phenoxy) is 2. The highest BCUT2D eigenvalue weighted by Gasteiger charge is 2.16. The second-order valence-electron chi connectivity index (χ2n) is 4.43. The summed E-state index contributed by atoms with van der Waals surface area (Å²) in [4.78, 5) is 20.0. The molecule has 0 saturated heterocycles. The van der Waals surface area contributed by atoms with E-state index in [-0.39, 0.29) is 11.4 Å². The Hall–Kier alpha value is -3.16. The fourth-order valence-corrected chi connectivity index (χ4v) is 2.04. The number of anilines is 1. The lowest BCUT2D eigenvalue weighted by Crippen LogP contribution is -2.06. The number of rotatable bonds is 3. The van der Waals surface area contributed by atoms with Gasteiger partial charge in [-0.1, -0.05) is 0 Å². The van der Waals surface area contributed by atoms with Gasteiger partial charge in [0.2, 0.25) is 5.88 Å². The molecule has 2 N–H and O–H groups in total. The van der Waals surface area contributed by atoms with Crippen LogP contribution in [0.3, 0.4) is 0 Å². The van der Waals surface area contributed by atoms with Gasteiger partial charge in [0, 0.05) is 0 Å². The first-order valence-corrected chi connectivity index (χ1v) is 6.38. The van der Waals surface area contributed by atoms with Crippen molar-refractivity contribution in [2.75, 3.05) is 20.0 Å². The number of imidazole rings is 1. The van der Waals surface area contributed by atoms with Gasteiger partial charge in [-0.25, -0.2) is 19.3 Å². The molecule has 3 aromatic heterocycles. The Morgan fingerprint density at radius 3 is 2.64 bits per heavy atom. The third-order valence-electron chi connectivity index (χ3n) is 3.06. The molecule has 0 aliphatic carbocycles. The van der Waals surface area contributed by atoms with E-state index in [0.29, 0.717) is 22.9 Å². The van der Waals surface area contributed by atoms with Crippen molar-refractivity contribution in [1.29, 1.82) is 0 Å². The van der Waals surface area contributed by atoms with Crippen molar-refractivity contribution in [2.45, 2.75) is 0 Å². The first-order chi connectivity index (χ1) is 10.6. The maximum Gasteiger partial charge on any atom is 0.343 e. The number of nitrogens with zero attached hydrogens (tertiary/aromatic N) is 4. The van der Waals surface area contributed by atoms with E-state index < -0.39 is 5.97 Å². The van der Waals surface area contributed by atoms with Crippen molar-refractivity contribution in [3.63, 3.8) is 0 Å². The molecule has 3 rings (SSSR count). The Bertz CT molecular complexity index is 859. The number of hydrogen-bond donors (Lipinski definition) is 1. The molecule has 0 fully saturated rings. The first kappa shape index (κ1) is 13.8. The minimum Gasteiger partial charge on any atom is -0.480 e. The molecule has 0 aliphatic heterocycles. The molecule has 0 spiro atoms. The first-order valence-electron chi connectivity index (χ1n) is 6.38. The summed E-state index contributed by atoms with van der Waals surface area (Å²) in [5.41, 5.74) is 7.68. The lowest BCUT2D eigenvalue weighted by Gasteiger charge is -2.08. The van der Waals surface area contributed by atoms with Gasteiger partial charge in [0.15, 0.2) is 5.65 Å². The molecular weight excluding hydrogens is 286 g/mol. The Morgan fingerprint density at radius 1 is 1.14 bits per heavy atom. The van der Waals surface area contributed by atoms with Crippen LogP contribution in [-0.2, 0) is 4.74 Å². The standard InChI is InChI=1S/C14H13N5O3/c1-21-13-8(14(20)22-2)3-4-9(16-13)10-5-6-12-17-11(15)7-19(12)18-10/h3-7H,15H2,1-2H3. The van der Waals surface area contributed by atoms with E-state index in [1.807, 2.05) is 0 Å². The Labute approximate surface area is 125 Å². The van der Waals surface area contributed by atoms with Crippen LogP contribution >= 0.6 is 0 Å². The maximum atomic E-state index is 11.6. The zero-order chi connectivity index (χ0) is 15.7. The van der Waals surface area contributed by atoms with E-state index >= 15 is 0 Å². The number of pyridine rings is 1. The fraction of sp³-hybridized carbons (Fsp3) is 0.143. The summed E-state index contributed by atoms with van der Waals surface area (Å²) >= 11 is 0. The summed E-state index contributed by atoms with van der Waals surface area (Å²) in [7, 11) is 2.74. The minimum atomic E-state index is -0.512. The zero-order valence-electron chi connectivity index (χ0n) is 12.0. The monoisotopic (exact) mass is 299 g/mol. The lowest BCUT2D eigenvalue weighted by molar-refractivity contribution is 0.0596. The van der Waals surface area contributed by atoms with Crippen LogP contribution in [0.15, 0.2) is 30.5 Å². The molecule has 8 nitrogen and oxygen atoms in total. The second-order valence-corrected chi connectivity index (χ2v) is 4.43. The average molecular weight is 299 g/mol. The smallest absolute Gasteiger partial charge is 0.343 e. The quantitative estimate of drug-likeness (QED) is 0.724. The van der Waals surface area contributed by atoms with E-state index in [0.717, 1.165) is 0 Å². The molecule has 112 valence electrons. The van der Waals surface area contributed by atoms with Crippen molar-refractivity contribution in [2.24, 2.45) is 0 Å². The van der Waals surface area contributed by atoms with E-state index in [2.05, 4.69) is 19.8 Å². The SMILES string of the molecule is COC(=O)c1ccc(-c2ccc3nc(N)cn3n2)nc1OC. The predicted octanol–water partition coefficient (Wildman–Crippen LogP) is 1.17. The van der Waals surface area contributed by atoms with Crippen LogP contribution in [0.25, 0.3) is 17.0 Å². The van der Waals surface area contributed by atoms with Crippen molar-refractivity contribution < 1.29 is 14.3 Å². The molecular formula is C14H13N5O3. The number of aromatic nitrogens is 4. The number of fused-ring (bicyclic) bond motifs is 1. The van der Waals surface area contributed by atoms with Gasteiger partial charge in [0.1, 0.15) is 17.1 Å². The number of carbonyl (C=O) groups is 1. The topological polar surface area (TPSA) is 105 Å². The van der Waals surface area contributed by atoms with Gasteiger partial charge in [-0.2, -0.15) is 5.10 Å². The Kier molecular flexibility index (Phi) is 3.34. The van der Waals surface area contributed by atoms with Crippen LogP contribution in [0.4, 0.5) is 5.82 Å². The Balaban J connectivity index is 2.07. The fourth-order valence-electron chi connectivity index (χ4n) is 2.04. The van der Waals surface area contributed by atoms with Gasteiger partial charge < -0.3 is 15.2 Å². The number of esters is 1. The second kappa shape index (κ2) is 5.32. The molecule has 0 aliphatic rings. The van der Waals surface area contributed by atoms with Crippen LogP contribution in [0.2, 0.25) is 0 Å². The van der Waals surface area contributed by atoms with Crippen LogP contribution in [0, 0.1) is 0 Å². The molecule has 0 bridgehead atoms. The van der Waals surface area contributed by atoms with Gasteiger partial charge in [-0.05, 0) is 24.3 Å². The van der Waals surface area contributed by atoms with Gasteiger partial charge >= 0.3 is 5.97 Å².